The molecule has 0 radical (unpaired) electrons. The van der Waals surface area contributed by atoms with E-state index >= 15 is 0 Å². The number of carbonyl (C=O) groups is 1. The lowest BCUT2D eigenvalue weighted by molar-refractivity contribution is -0.130. The van der Waals surface area contributed by atoms with E-state index in [1.807, 2.05) is 4.90 Å². The number of nitrogens with two attached hydrogens (primary N) is 1. The van der Waals surface area contributed by atoms with Crippen molar-refractivity contribution in [2.75, 3.05) is 19.6 Å². The second-order valence-electron chi connectivity index (χ2n) is 4.90. The standard InChI is InChI=1S/C14H25N3O/c1-3-7-12(4-2)16-13(11-15)10-14(18)17-8-5-6-9-17/h2,12-13,16H,3,5-11,15H2,1H3. The third-order valence-electron chi connectivity index (χ3n) is 3.38. The summed E-state index contributed by atoms with van der Waals surface area (Å²) in [6.45, 7) is 4.33. The van der Waals surface area contributed by atoms with Gasteiger partial charge >= 0.3 is 0 Å². The van der Waals surface area contributed by atoms with Crippen molar-refractivity contribution in [3.8, 4) is 12.3 Å². The molecule has 1 rings (SSSR count). The third-order valence-corrected chi connectivity index (χ3v) is 3.38. The van der Waals surface area contributed by atoms with E-state index in [9.17, 15) is 4.79 Å². The Bertz CT molecular complexity index is 292. The Kier molecular flexibility index (Phi) is 6.77. The Morgan fingerprint density at radius 1 is 1.50 bits per heavy atom. The highest BCUT2D eigenvalue weighted by Crippen LogP contribution is 2.10. The number of nitrogens with one attached hydrogen (secondary N) is 1. The van der Waals surface area contributed by atoms with Crippen LogP contribution in [0.15, 0.2) is 0 Å². The summed E-state index contributed by atoms with van der Waals surface area (Å²) < 4.78 is 0. The zero-order valence-electron chi connectivity index (χ0n) is 11.3. The summed E-state index contributed by atoms with van der Waals surface area (Å²) in [5.74, 6) is 2.92. The van der Waals surface area contributed by atoms with Crippen molar-refractivity contribution in [1.82, 2.24) is 10.2 Å². The maximum absolute atomic E-state index is 12.0. The Morgan fingerprint density at radius 3 is 2.67 bits per heavy atom. The van der Waals surface area contributed by atoms with Gasteiger partial charge in [-0.15, -0.1) is 6.42 Å². The molecule has 1 fully saturated rings. The van der Waals surface area contributed by atoms with Crippen LogP contribution in [0.4, 0.5) is 0 Å². The van der Waals surface area contributed by atoms with Gasteiger partial charge in [-0.25, -0.2) is 0 Å². The molecule has 4 nitrogen and oxygen atoms in total. The second-order valence-corrected chi connectivity index (χ2v) is 4.90. The first-order valence-electron chi connectivity index (χ1n) is 6.91. The fourth-order valence-corrected chi connectivity index (χ4v) is 2.30. The van der Waals surface area contributed by atoms with Gasteiger partial charge in [-0.05, 0) is 19.3 Å². The van der Waals surface area contributed by atoms with Gasteiger partial charge in [0.25, 0.3) is 0 Å². The van der Waals surface area contributed by atoms with Gasteiger partial charge in [0.05, 0.1) is 6.04 Å². The summed E-state index contributed by atoms with van der Waals surface area (Å²) in [6, 6.07) is 0.0145. The lowest BCUT2D eigenvalue weighted by atomic mass is 10.1. The first-order valence-corrected chi connectivity index (χ1v) is 6.91. The average molecular weight is 251 g/mol. The molecule has 0 aliphatic carbocycles. The van der Waals surface area contributed by atoms with Crippen LogP contribution in [0.5, 0.6) is 0 Å². The summed E-state index contributed by atoms with van der Waals surface area (Å²) in [5, 5.41) is 3.30. The molecule has 0 aromatic heterocycles. The molecule has 0 spiro atoms. The van der Waals surface area contributed by atoms with Gasteiger partial charge < -0.3 is 10.6 Å². The smallest absolute Gasteiger partial charge is 0.224 e. The predicted octanol–water partition coefficient (Wildman–Crippen LogP) is 0.718. The van der Waals surface area contributed by atoms with E-state index in [0.29, 0.717) is 13.0 Å². The fraction of sp³-hybridized carbons (Fsp3) is 0.786. The number of amides is 1. The second kappa shape index (κ2) is 8.12. The molecule has 18 heavy (non-hydrogen) atoms. The zero-order valence-corrected chi connectivity index (χ0v) is 11.3. The van der Waals surface area contributed by atoms with E-state index in [0.717, 1.165) is 38.8 Å². The first-order chi connectivity index (χ1) is 8.71. The SMILES string of the molecule is C#CC(CCC)NC(CN)CC(=O)N1CCCC1. The maximum atomic E-state index is 12.0. The van der Waals surface area contributed by atoms with Crippen LogP contribution in [0.3, 0.4) is 0 Å². The molecule has 1 heterocycles. The molecule has 1 saturated heterocycles. The third kappa shape index (κ3) is 4.67. The number of rotatable bonds is 7. The van der Waals surface area contributed by atoms with Crippen LogP contribution < -0.4 is 11.1 Å². The van der Waals surface area contributed by atoms with E-state index in [1.54, 1.807) is 0 Å². The van der Waals surface area contributed by atoms with E-state index in [-0.39, 0.29) is 18.0 Å². The molecule has 0 bridgehead atoms. The molecule has 0 saturated carbocycles. The van der Waals surface area contributed by atoms with E-state index in [4.69, 9.17) is 12.2 Å². The van der Waals surface area contributed by atoms with Gasteiger partial charge in [-0.1, -0.05) is 19.3 Å². The Morgan fingerprint density at radius 2 is 2.17 bits per heavy atom. The Balaban J connectivity index is 2.40. The van der Waals surface area contributed by atoms with Gasteiger partial charge in [0, 0.05) is 32.1 Å². The average Bonchev–Trinajstić information content (AvgIpc) is 2.90. The highest BCUT2D eigenvalue weighted by atomic mass is 16.2. The maximum Gasteiger partial charge on any atom is 0.224 e. The van der Waals surface area contributed by atoms with Crippen LogP contribution in [0.1, 0.15) is 39.0 Å². The number of likely N-dealkylation sites (tertiary alicyclic amines) is 1. The highest BCUT2D eigenvalue weighted by Gasteiger charge is 2.22. The first kappa shape index (κ1) is 15.0. The van der Waals surface area contributed by atoms with Crippen LogP contribution in [0.25, 0.3) is 0 Å². The molecule has 3 N–H and O–H groups in total. The number of carbonyl (C=O) groups excluding carboxylic acids is 1. The van der Waals surface area contributed by atoms with Crippen molar-refractivity contribution in [1.29, 1.82) is 0 Å². The normalized spacial score (nSPS) is 18.4. The van der Waals surface area contributed by atoms with Gasteiger partial charge in [-0.3, -0.25) is 10.1 Å². The Labute approximate surface area is 110 Å². The molecule has 1 amide bonds. The fourth-order valence-electron chi connectivity index (χ4n) is 2.30. The Hall–Kier alpha value is -1.05. The van der Waals surface area contributed by atoms with E-state index in [2.05, 4.69) is 18.2 Å². The summed E-state index contributed by atoms with van der Waals surface area (Å²) >= 11 is 0. The van der Waals surface area contributed by atoms with Crippen molar-refractivity contribution in [3.63, 3.8) is 0 Å². The highest BCUT2D eigenvalue weighted by molar-refractivity contribution is 5.77. The van der Waals surface area contributed by atoms with Crippen molar-refractivity contribution in [3.05, 3.63) is 0 Å². The molecule has 1 aliphatic rings. The van der Waals surface area contributed by atoms with Crippen LogP contribution in [0.2, 0.25) is 0 Å². The number of nitrogens with zero attached hydrogens (tertiary/aromatic N) is 1. The van der Waals surface area contributed by atoms with Crippen molar-refractivity contribution < 1.29 is 4.79 Å². The molecule has 102 valence electrons. The van der Waals surface area contributed by atoms with E-state index in [1.165, 1.54) is 0 Å². The van der Waals surface area contributed by atoms with Crippen LogP contribution in [0, 0.1) is 12.3 Å². The monoisotopic (exact) mass is 251 g/mol. The molecule has 2 unspecified atom stereocenters. The number of terminal acetylenes is 1. The quantitative estimate of drug-likeness (QED) is 0.655. The predicted molar refractivity (Wildman–Crippen MR) is 73.9 cm³/mol. The van der Waals surface area contributed by atoms with Crippen LogP contribution >= 0.6 is 0 Å². The lowest BCUT2D eigenvalue weighted by Gasteiger charge is -2.23. The summed E-state index contributed by atoms with van der Waals surface area (Å²) in [4.78, 5) is 13.9. The van der Waals surface area contributed by atoms with Gasteiger partial charge in [0.2, 0.25) is 5.91 Å². The topological polar surface area (TPSA) is 58.4 Å². The van der Waals surface area contributed by atoms with Gasteiger partial charge in [-0.2, -0.15) is 0 Å². The minimum atomic E-state index is -0.00861. The minimum absolute atomic E-state index is 0.00861. The lowest BCUT2D eigenvalue weighted by Crippen LogP contribution is -2.45. The summed E-state index contributed by atoms with van der Waals surface area (Å²) in [7, 11) is 0. The van der Waals surface area contributed by atoms with Crippen molar-refractivity contribution >= 4 is 5.91 Å². The van der Waals surface area contributed by atoms with E-state index < -0.39 is 0 Å². The zero-order chi connectivity index (χ0) is 13.4. The number of hydrogen-bond acceptors (Lipinski definition) is 3. The molecule has 2 atom stereocenters. The minimum Gasteiger partial charge on any atom is -0.343 e. The van der Waals surface area contributed by atoms with Gasteiger partial charge in [0.1, 0.15) is 0 Å². The summed E-state index contributed by atoms with van der Waals surface area (Å²) in [6.07, 6.45) is 10.1. The molecule has 4 heteroatoms. The molecule has 1 aliphatic heterocycles. The van der Waals surface area contributed by atoms with Crippen LogP contribution in [-0.4, -0.2) is 42.5 Å². The summed E-state index contributed by atoms with van der Waals surface area (Å²) in [5.41, 5.74) is 5.72. The van der Waals surface area contributed by atoms with Crippen molar-refractivity contribution in [2.24, 2.45) is 5.73 Å². The molecule has 0 aromatic rings. The number of hydrogen-bond donors (Lipinski definition) is 2. The molecule has 0 aromatic carbocycles. The van der Waals surface area contributed by atoms with Gasteiger partial charge in [0.15, 0.2) is 0 Å². The van der Waals surface area contributed by atoms with Crippen molar-refractivity contribution in [2.45, 2.75) is 51.1 Å². The van der Waals surface area contributed by atoms with Crippen LogP contribution in [-0.2, 0) is 4.79 Å². The largest absolute Gasteiger partial charge is 0.343 e. The molecular formula is C14H25N3O. The molecular weight excluding hydrogens is 226 g/mol.